The topological polar surface area (TPSA) is 47.2 Å². The van der Waals surface area contributed by atoms with Crippen molar-refractivity contribution in [1.29, 1.82) is 0 Å². The number of aliphatic imine (C=N–C) groups is 1. The van der Waals surface area contributed by atoms with Gasteiger partial charge in [0.25, 0.3) is 0 Å². The minimum atomic E-state index is 0.345. The molecule has 0 N–H and O–H groups in total. The fraction of sp³-hybridized carbons (Fsp3) is 0.200. The highest BCUT2D eigenvalue weighted by Gasteiger charge is 2.03. The van der Waals surface area contributed by atoms with E-state index in [1.807, 2.05) is 29.8 Å². The summed E-state index contributed by atoms with van der Waals surface area (Å²) >= 11 is 0. The van der Waals surface area contributed by atoms with Gasteiger partial charge < -0.3 is 4.57 Å². The normalized spacial score (nSPS) is 10.1. The van der Waals surface area contributed by atoms with Crippen LogP contribution >= 0.6 is 0 Å². The molecule has 14 heavy (non-hydrogen) atoms. The Morgan fingerprint density at radius 1 is 1.57 bits per heavy atom. The molecule has 1 heterocycles. The summed E-state index contributed by atoms with van der Waals surface area (Å²) < 4.78 is 1.93. The molecule has 0 fully saturated rings. The average Bonchev–Trinajstić information content (AvgIpc) is 2.58. The highest BCUT2D eigenvalue weighted by molar-refractivity contribution is 5.78. The molecule has 0 aliphatic carbocycles. The first-order chi connectivity index (χ1) is 6.83. The van der Waals surface area contributed by atoms with Crippen LogP contribution in [0.2, 0.25) is 0 Å². The van der Waals surface area contributed by atoms with Crippen molar-refractivity contribution in [2.24, 2.45) is 12.0 Å². The Balaban J connectivity index is 2.59. The van der Waals surface area contributed by atoms with E-state index >= 15 is 0 Å². The van der Waals surface area contributed by atoms with E-state index in [-0.39, 0.29) is 0 Å². The van der Waals surface area contributed by atoms with Gasteiger partial charge in [-0.05, 0) is 6.07 Å². The Morgan fingerprint density at radius 3 is 3.21 bits per heavy atom. The number of hydrogen-bond acceptors (Lipinski definition) is 3. The van der Waals surface area contributed by atoms with Gasteiger partial charge in [-0.1, -0.05) is 12.1 Å². The molecule has 1 aromatic carbocycles. The summed E-state index contributed by atoms with van der Waals surface area (Å²) in [6.07, 6.45) is 3.28. The summed E-state index contributed by atoms with van der Waals surface area (Å²) in [6.45, 7) is 0.345. The van der Waals surface area contributed by atoms with Gasteiger partial charge in [-0.15, -0.1) is 0 Å². The van der Waals surface area contributed by atoms with Gasteiger partial charge >= 0.3 is 0 Å². The minimum Gasteiger partial charge on any atom is -0.334 e. The Labute approximate surface area is 80.9 Å². The quantitative estimate of drug-likeness (QED) is 0.527. The third kappa shape index (κ3) is 1.32. The van der Waals surface area contributed by atoms with Crippen LogP contribution in [0.3, 0.4) is 0 Å². The Morgan fingerprint density at radius 2 is 2.43 bits per heavy atom. The monoisotopic (exact) mass is 187 g/mol. The van der Waals surface area contributed by atoms with Gasteiger partial charge in [0.2, 0.25) is 6.08 Å². The first-order valence-corrected chi connectivity index (χ1v) is 4.25. The lowest BCUT2D eigenvalue weighted by Crippen LogP contribution is -1.86. The SMILES string of the molecule is Cn1cnc2c(CN=C=O)cccc21. The second-order valence-corrected chi connectivity index (χ2v) is 3.05. The lowest BCUT2D eigenvalue weighted by molar-refractivity contribution is 0.563. The zero-order chi connectivity index (χ0) is 9.97. The number of aromatic nitrogens is 2. The molecular weight excluding hydrogens is 178 g/mol. The number of fused-ring (bicyclic) bond motifs is 1. The molecule has 4 heteroatoms. The number of benzene rings is 1. The number of para-hydroxylation sites is 1. The van der Waals surface area contributed by atoms with Crippen molar-refractivity contribution >= 4 is 17.1 Å². The average molecular weight is 187 g/mol. The second kappa shape index (κ2) is 3.44. The van der Waals surface area contributed by atoms with E-state index in [1.54, 1.807) is 6.33 Å². The molecule has 70 valence electrons. The molecule has 0 radical (unpaired) electrons. The molecule has 0 atom stereocenters. The predicted octanol–water partition coefficient (Wildman–Crippen LogP) is 1.41. The van der Waals surface area contributed by atoms with Gasteiger partial charge in [0.05, 0.1) is 23.9 Å². The second-order valence-electron chi connectivity index (χ2n) is 3.05. The van der Waals surface area contributed by atoms with Crippen molar-refractivity contribution in [3.05, 3.63) is 30.1 Å². The van der Waals surface area contributed by atoms with Crippen LogP contribution in [-0.4, -0.2) is 15.6 Å². The molecule has 0 saturated heterocycles. The molecule has 0 unspecified atom stereocenters. The standard InChI is InChI=1S/C10H9N3O/c1-13-6-12-10-8(5-11-7-14)3-2-4-9(10)13/h2-4,6H,5H2,1H3. The molecule has 0 aliphatic rings. The summed E-state index contributed by atoms with van der Waals surface area (Å²) in [4.78, 5) is 17.8. The zero-order valence-corrected chi connectivity index (χ0v) is 7.77. The van der Waals surface area contributed by atoms with E-state index in [2.05, 4.69) is 9.98 Å². The Hall–Kier alpha value is -1.93. The lowest BCUT2D eigenvalue weighted by atomic mass is 10.2. The number of rotatable bonds is 2. The largest absolute Gasteiger partial charge is 0.334 e. The van der Waals surface area contributed by atoms with Crippen molar-refractivity contribution in [2.45, 2.75) is 6.54 Å². The fourth-order valence-electron chi connectivity index (χ4n) is 1.46. The molecule has 1 aromatic heterocycles. The van der Waals surface area contributed by atoms with Gasteiger partial charge in [0, 0.05) is 12.6 Å². The third-order valence-corrected chi connectivity index (χ3v) is 2.15. The van der Waals surface area contributed by atoms with E-state index in [1.165, 1.54) is 6.08 Å². The molecule has 0 spiro atoms. The number of carbonyl (C=O) groups excluding carboxylic acids is 1. The van der Waals surface area contributed by atoms with Crippen molar-refractivity contribution in [3.8, 4) is 0 Å². The van der Waals surface area contributed by atoms with Gasteiger partial charge in [-0.2, -0.15) is 0 Å². The minimum absolute atomic E-state index is 0.345. The summed E-state index contributed by atoms with van der Waals surface area (Å²) in [5.74, 6) is 0. The molecule has 4 nitrogen and oxygen atoms in total. The number of imidazole rings is 1. The van der Waals surface area contributed by atoms with Crippen LogP contribution in [0.4, 0.5) is 0 Å². The highest BCUT2D eigenvalue weighted by Crippen LogP contribution is 2.16. The van der Waals surface area contributed by atoms with Gasteiger partial charge in [0.1, 0.15) is 0 Å². The molecule has 2 aromatic rings. The first kappa shape index (κ1) is 8.66. The van der Waals surface area contributed by atoms with Crippen LogP contribution in [-0.2, 0) is 18.4 Å². The van der Waals surface area contributed by atoms with Crippen LogP contribution in [0, 0.1) is 0 Å². The smallest absolute Gasteiger partial charge is 0.235 e. The van der Waals surface area contributed by atoms with E-state index < -0.39 is 0 Å². The van der Waals surface area contributed by atoms with Crippen LogP contribution in [0.1, 0.15) is 5.56 Å². The Bertz CT molecular complexity index is 509. The summed E-state index contributed by atoms with van der Waals surface area (Å²) in [5.41, 5.74) is 2.89. The molecule has 0 bridgehead atoms. The van der Waals surface area contributed by atoms with Crippen molar-refractivity contribution in [3.63, 3.8) is 0 Å². The van der Waals surface area contributed by atoms with E-state index in [4.69, 9.17) is 0 Å². The van der Waals surface area contributed by atoms with Crippen LogP contribution < -0.4 is 0 Å². The number of aryl methyl sites for hydroxylation is 1. The van der Waals surface area contributed by atoms with Crippen molar-refractivity contribution < 1.29 is 4.79 Å². The van der Waals surface area contributed by atoms with Gasteiger partial charge in [-0.3, -0.25) is 0 Å². The highest BCUT2D eigenvalue weighted by atomic mass is 16.1. The van der Waals surface area contributed by atoms with Crippen LogP contribution in [0.5, 0.6) is 0 Å². The van der Waals surface area contributed by atoms with Crippen LogP contribution in [0.25, 0.3) is 11.0 Å². The number of hydrogen-bond donors (Lipinski definition) is 0. The van der Waals surface area contributed by atoms with Crippen molar-refractivity contribution in [1.82, 2.24) is 9.55 Å². The van der Waals surface area contributed by atoms with Crippen molar-refractivity contribution in [2.75, 3.05) is 0 Å². The Kier molecular flexibility index (Phi) is 2.13. The number of nitrogens with zero attached hydrogens (tertiary/aromatic N) is 3. The number of isocyanates is 1. The van der Waals surface area contributed by atoms with E-state index in [9.17, 15) is 4.79 Å². The maximum atomic E-state index is 10.0. The zero-order valence-electron chi connectivity index (χ0n) is 7.77. The fourth-order valence-corrected chi connectivity index (χ4v) is 1.46. The van der Waals surface area contributed by atoms with E-state index in [0.29, 0.717) is 6.54 Å². The van der Waals surface area contributed by atoms with E-state index in [0.717, 1.165) is 16.6 Å². The molecule has 0 amide bonds. The van der Waals surface area contributed by atoms with Gasteiger partial charge in [-0.25, -0.2) is 14.8 Å². The maximum Gasteiger partial charge on any atom is 0.235 e. The first-order valence-electron chi connectivity index (χ1n) is 4.25. The third-order valence-electron chi connectivity index (χ3n) is 2.15. The molecule has 2 rings (SSSR count). The maximum absolute atomic E-state index is 10.0. The van der Waals surface area contributed by atoms with Gasteiger partial charge in [0.15, 0.2) is 0 Å². The molecular formula is C10H9N3O. The predicted molar refractivity (Wildman–Crippen MR) is 52.5 cm³/mol. The summed E-state index contributed by atoms with van der Waals surface area (Å²) in [6, 6.07) is 5.83. The summed E-state index contributed by atoms with van der Waals surface area (Å²) in [7, 11) is 1.93. The molecule has 0 saturated carbocycles. The molecule has 0 aliphatic heterocycles. The summed E-state index contributed by atoms with van der Waals surface area (Å²) in [5, 5.41) is 0. The van der Waals surface area contributed by atoms with Crippen LogP contribution in [0.15, 0.2) is 29.5 Å². The lowest BCUT2D eigenvalue weighted by Gasteiger charge is -1.97.